The molecule has 3 atom stereocenters. The van der Waals surface area contributed by atoms with Crippen molar-refractivity contribution in [1.82, 2.24) is 5.32 Å². The van der Waals surface area contributed by atoms with E-state index < -0.39 is 26.6 Å². The lowest BCUT2D eigenvalue weighted by molar-refractivity contribution is -0.870. The maximum Gasteiger partial charge on any atom is 0.306 e. The highest BCUT2D eigenvalue weighted by Gasteiger charge is 2.27. The molecule has 0 aliphatic carbocycles. The van der Waals surface area contributed by atoms with Gasteiger partial charge in [-0.15, -0.1) is 0 Å². The molecule has 0 fully saturated rings. The molecule has 0 aliphatic heterocycles. The molecule has 3 unspecified atom stereocenters. The summed E-state index contributed by atoms with van der Waals surface area (Å²) in [6.07, 6.45) is 70.5. The van der Waals surface area contributed by atoms with Crippen molar-refractivity contribution in [2.75, 3.05) is 40.9 Å². The van der Waals surface area contributed by atoms with E-state index in [0.29, 0.717) is 23.9 Å². The Balaban J connectivity index is 5.37. The normalized spacial score (nSPS) is 14.6. The molecule has 1 N–H and O–H groups in total. The Labute approximate surface area is 449 Å². The van der Waals surface area contributed by atoms with E-state index in [-0.39, 0.29) is 31.3 Å². The van der Waals surface area contributed by atoms with Gasteiger partial charge in [-0.05, 0) is 109 Å². The van der Waals surface area contributed by atoms with E-state index in [2.05, 4.69) is 123 Å². The molecule has 0 saturated heterocycles. The highest BCUT2D eigenvalue weighted by molar-refractivity contribution is 7.45. The molecular formula is C63H109N2O7P. The predicted octanol–water partition coefficient (Wildman–Crippen LogP) is 17.1. The van der Waals surface area contributed by atoms with Crippen molar-refractivity contribution in [3.8, 4) is 0 Å². The van der Waals surface area contributed by atoms with Crippen LogP contribution in [0.1, 0.15) is 226 Å². The molecule has 10 heteroatoms. The number of esters is 1. The zero-order valence-corrected chi connectivity index (χ0v) is 48.4. The first kappa shape index (κ1) is 69.7. The first-order chi connectivity index (χ1) is 35.4. The molecule has 0 heterocycles. The van der Waals surface area contributed by atoms with Crippen molar-refractivity contribution in [1.29, 1.82) is 0 Å². The Morgan fingerprint density at radius 2 is 0.877 bits per heavy atom. The molecule has 0 aromatic carbocycles. The van der Waals surface area contributed by atoms with E-state index in [1.54, 1.807) is 0 Å². The lowest BCUT2D eigenvalue weighted by Gasteiger charge is -2.30. The number of rotatable bonds is 51. The number of ether oxygens (including phenoxy) is 1. The third-order valence-electron chi connectivity index (χ3n) is 12.2. The van der Waals surface area contributed by atoms with Crippen LogP contribution in [-0.4, -0.2) is 69.4 Å². The van der Waals surface area contributed by atoms with Gasteiger partial charge in [0.1, 0.15) is 19.3 Å². The molecule has 73 heavy (non-hydrogen) atoms. The summed E-state index contributed by atoms with van der Waals surface area (Å²) in [5.74, 6) is -0.597. The smallest absolute Gasteiger partial charge is 0.306 e. The fourth-order valence-electron chi connectivity index (χ4n) is 7.74. The second-order valence-electron chi connectivity index (χ2n) is 20.4. The maximum absolute atomic E-state index is 13.5. The van der Waals surface area contributed by atoms with Gasteiger partial charge in [-0.25, -0.2) is 0 Å². The Morgan fingerprint density at radius 1 is 0.493 bits per heavy atom. The van der Waals surface area contributed by atoms with E-state index in [1.807, 2.05) is 33.3 Å². The molecule has 0 bridgehead atoms. The molecule has 0 saturated carbocycles. The van der Waals surface area contributed by atoms with Crippen LogP contribution in [0.2, 0.25) is 0 Å². The summed E-state index contributed by atoms with van der Waals surface area (Å²) in [6, 6.07) is -0.914. The minimum absolute atomic E-state index is 0.0361. The van der Waals surface area contributed by atoms with Gasteiger partial charge in [-0.1, -0.05) is 214 Å². The van der Waals surface area contributed by atoms with Crippen LogP contribution < -0.4 is 10.2 Å². The number of hydrogen-bond acceptors (Lipinski definition) is 7. The van der Waals surface area contributed by atoms with Gasteiger partial charge in [0.15, 0.2) is 0 Å². The van der Waals surface area contributed by atoms with Crippen LogP contribution >= 0.6 is 7.82 Å². The van der Waals surface area contributed by atoms with Crippen molar-refractivity contribution in [2.45, 2.75) is 238 Å². The van der Waals surface area contributed by atoms with E-state index in [1.165, 1.54) is 51.4 Å². The SMILES string of the molecule is CC/C=C\C/C=C\C/C=C\C/C=C\C/C=C\CCCCCCCC(=O)OC(/C=C\CCCCCCCCCCCC)C(COP(=O)([O-])OCC[N+](C)(C)C)NC(=O)CCCCCC/C=C/C/C=C/C/C=C/CC. The highest BCUT2D eigenvalue weighted by Crippen LogP contribution is 2.38. The van der Waals surface area contributed by atoms with Crippen LogP contribution in [0, 0.1) is 0 Å². The fraction of sp³-hybridized carbons (Fsp3) is 0.683. The van der Waals surface area contributed by atoms with Crippen LogP contribution in [-0.2, 0) is 27.9 Å². The number of phosphoric ester groups is 1. The molecule has 0 aromatic rings. The van der Waals surface area contributed by atoms with Crippen molar-refractivity contribution in [2.24, 2.45) is 0 Å². The monoisotopic (exact) mass is 1040 g/mol. The van der Waals surface area contributed by atoms with Crippen LogP contribution in [0.25, 0.3) is 0 Å². The number of carbonyl (C=O) groups excluding carboxylic acids is 2. The standard InChI is InChI=1S/C63H109N2O7P/c1-7-10-13-16-19-22-25-28-30-31-32-33-34-35-36-38-41-44-47-50-53-56-63(67)72-61(54-51-48-45-42-39-27-24-21-18-15-12-9-3)60(59-71-73(68,69)70-58-57-65(4,5)6)64-62(66)55-52-49-46-43-40-37-29-26-23-20-17-14-11-8-2/h10-11,13-14,19-20,22-23,28-30,32-33,35-37,51,54,60-61H,7-9,12,15-18,21,24-27,31,34,38-50,52-53,55-59H2,1-6H3,(H-,64,66,68,69)/b13-10-,14-11+,22-19-,23-20+,30-28-,33-32-,36-35-,37-29+,54-51-. The molecule has 9 nitrogen and oxygen atoms in total. The first-order valence-corrected chi connectivity index (χ1v) is 30.7. The average Bonchev–Trinajstić information content (AvgIpc) is 3.35. The number of quaternary nitrogens is 1. The molecule has 0 radical (unpaired) electrons. The number of amides is 1. The van der Waals surface area contributed by atoms with Crippen LogP contribution in [0.3, 0.4) is 0 Å². The Morgan fingerprint density at radius 3 is 1.32 bits per heavy atom. The quantitative estimate of drug-likeness (QED) is 0.0212. The number of carbonyl (C=O) groups is 2. The fourth-order valence-corrected chi connectivity index (χ4v) is 8.46. The molecular weight excluding hydrogens is 928 g/mol. The largest absolute Gasteiger partial charge is 0.756 e. The zero-order chi connectivity index (χ0) is 53.6. The van der Waals surface area contributed by atoms with Gasteiger partial charge in [-0.3, -0.25) is 14.2 Å². The number of allylic oxidation sites excluding steroid dienone is 17. The summed E-state index contributed by atoms with van der Waals surface area (Å²) in [6.45, 7) is 6.56. The first-order valence-electron chi connectivity index (χ1n) is 29.2. The van der Waals surface area contributed by atoms with E-state index >= 15 is 0 Å². The zero-order valence-electron chi connectivity index (χ0n) is 47.5. The number of nitrogens with zero attached hydrogens (tertiary/aromatic N) is 1. The third kappa shape index (κ3) is 53.3. The molecule has 0 rings (SSSR count). The molecule has 1 amide bonds. The number of likely N-dealkylation sites (N-methyl/N-ethyl adjacent to an activating group) is 1. The molecule has 0 spiro atoms. The van der Waals surface area contributed by atoms with Gasteiger partial charge in [0, 0.05) is 12.8 Å². The number of nitrogens with one attached hydrogen (secondary N) is 1. The molecule has 0 aromatic heterocycles. The minimum Gasteiger partial charge on any atom is -0.756 e. The summed E-state index contributed by atoms with van der Waals surface area (Å²) in [4.78, 5) is 39.9. The maximum atomic E-state index is 13.5. The van der Waals surface area contributed by atoms with Crippen LogP contribution in [0.4, 0.5) is 0 Å². The van der Waals surface area contributed by atoms with Gasteiger partial charge in [0.05, 0.1) is 33.8 Å². The predicted molar refractivity (Wildman–Crippen MR) is 311 cm³/mol. The minimum atomic E-state index is -4.71. The van der Waals surface area contributed by atoms with Crippen molar-refractivity contribution >= 4 is 19.7 Å². The summed E-state index contributed by atoms with van der Waals surface area (Å²) in [5, 5.41) is 3.00. The van der Waals surface area contributed by atoms with Crippen LogP contribution in [0.5, 0.6) is 0 Å². The number of unbranched alkanes of at least 4 members (excludes halogenated alkanes) is 19. The van der Waals surface area contributed by atoms with Crippen molar-refractivity contribution in [3.63, 3.8) is 0 Å². The van der Waals surface area contributed by atoms with Crippen molar-refractivity contribution < 1.29 is 37.3 Å². The Bertz CT molecular complexity index is 1620. The van der Waals surface area contributed by atoms with Gasteiger partial charge < -0.3 is 28.5 Å². The van der Waals surface area contributed by atoms with Crippen LogP contribution in [0.15, 0.2) is 109 Å². The summed E-state index contributed by atoms with van der Waals surface area (Å²) in [7, 11) is 1.14. The van der Waals surface area contributed by atoms with Gasteiger partial charge >= 0.3 is 5.97 Å². The van der Waals surface area contributed by atoms with E-state index in [0.717, 1.165) is 128 Å². The summed E-state index contributed by atoms with van der Waals surface area (Å²) in [5.41, 5.74) is 0. The second kappa shape index (κ2) is 52.1. The lowest BCUT2D eigenvalue weighted by atomic mass is 10.0. The topological polar surface area (TPSA) is 114 Å². The molecule has 0 aliphatic rings. The van der Waals surface area contributed by atoms with Gasteiger partial charge in [0.2, 0.25) is 5.91 Å². The highest BCUT2D eigenvalue weighted by atomic mass is 31.2. The van der Waals surface area contributed by atoms with E-state index in [9.17, 15) is 19.0 Å². The number of hydrogen-bond donors (Lipinski definition) is 1. The average molecular weight is 1040 g/mol. The van der Waals surface area contributed by atoms with E-state index in [4.69, 9.17) is 13.8 Å². The van der Waals surface area contributed by atoms with Crippen molar-refractivity contribution in [3.05, 3.63) is 109 Å². The summed E-state index contributed by atoms with van der Waals surface area (Å²) >= 11 is 0. The Hall–Kier alpha value is -3.33. The summed E-state index contributed by atoms with van der Waals surface area (Å²) < 4.78 is 30.2. The van der Waals surface area contributed by atoms with Gasteiger partial charge in [0.25, 0.3) is 7.82 Å². The number of phosphoric acid groups is 1. The molecule has 418 valence electrons. The second-order valence-corrected chi connectivity index (χ2v) is 21.8. The Kier molecular flexibility index (Phi) is 49.7. The lowest BCUT2D eigenvalue weighted by Crippen LogP contribution is -2.47. The van der Waals surface area contributed by atoms with Gasteiger partial charge in [-0.2, -0.15) is 0 Å². The third-order valence-corrected chi connectivity index (χ3v) is 13.2.